The Balaban J connectivity index is 1.66. The summed E-state index contributed by atoms with van der Waals surface area (Å²) >= 11 is 0. The number of hydrogen-bond donors (Lipinski definition) is 2. The molecule has 1 amide bonds. The van der Waals surface area contributed by atoms with Crippen LogP contribution in [0.2, 0.25) is 0 Å². The predicted octanol–water partition coefficient (Wildman–Crippen LogP) is 4.33. The van der Waals surface area contributed by atoms with E-state index in [9.17, 15) is 4.79 Å². The number of nitrogens with one attached hydrogen (secondary N) is 2. The van der Waals surface area contributed by atoms with Crippen LogP contribution < -0.4 is 20.3 Å². The van der Waals surface area contributed by atoms with Gasteiger partial charge < -0.3 is 20.3 Å². The number of ether oxygens (including phenoxy) is 1. The molecule has 0 saturated heterocycles. The highest BCUT2D eigenvalue weighted by molar-refractivity contribution is 6.04. The van der Waals surface area contributed by atoms with Gasteiger partial charge in [-0.05, 0) is 50.2 Å². The van der Waals surface area contributed by atoms with Crippen LogP contribution in [0.3, 0.4) is 0 Å². The SMILES string of the molecule is CC(C)Oc1ccccc1NC(=O)c1cnc(Nc2ccc(N(C)C)cc2)nc1. The Labute approximate surface area is 170 Å². The van der Waals surface area contributed by atoms with E-state index in [1.165, 1.54) is 12.4 Å². The summed E-state index contributed by atoms with van der Waals surface area (Å²) in [6.07, 6.45) is 2.99. The van der Waals surface area contributed by atoms with E-state index < -0.39 is 0 Å². The summed E-state index contributed by atoms with van der Waals surface area (Å²) in [6, 6.07) is 15.2. The number of carbonyl (C=O) groups is 1. The number of anilines is 4. The molecule has 2 aromatic carbocycles. The summed E-state index contributed by atoms with van der Waals surface area (Å²) in [7, 11) is 3.98. The van der Waals surface area contributed by atoms with Crippen LogP contribution in [0.15, 0.2) is 60.9 Å². The van der Waals surface area contributed by atoms with Crippen LogP contribution in [0.5, 0.6) is 5.75 Å². The largest absolute Gasteiger partial charge is 0.489 e. The van der Waals surface area contributed by atoms with Crippen LogP contribution in [-0.4, -0.2) is 36.1 Å². The highest BCUT2D eigenvalue weighted by Crippen LogP contribution is 2.25. The Morgan fingerprint density at radius 2 is 1.66 bits per heavy atom. The van der Waals surface area contributed by atoms with Crippen LogP contribution in [0.4, 0.5) is 23.0 Å². The van der Waals surface area contributed by atoms with Gasteiger partial charge in [-0.2, -0.15) is 0 Å². The average molecular weight is 391 g/mol. The summed E-state index contributed by atoms with van der Waals surface area (Å²) in [5.74, 6) is 0.741. The first-order chi connectivity index (χ1) is 13.9. The van der Waals surface area contributed by atoms with Gasteiger partial charge in [-0.15, -0.1) is 0 Å². The van der Waals surface area contributed by atoms with E-state index >= 15 is 0 Å². The fraction of sp³-hybridized carbons (Fsp3) is 0.227. The molecular formula is C22H25N5O2. The smallest absolute Gasteiger partial charge is 0.258 e. The lowest BCUT2D eigenvalue weighted by Gasteiger charge is -2.14. The Morgan fingerprint density at radius 3 is 2.28 bits per heavy atom. The minimum absolute atomic E-state index is 0.00790. The number of aromatic nitrogens is 2. The molecule has 0 aliphatic heterocycles. The maximum absolute atomic E-state index is 12.6. The number of para-hydroxylation sites is 2. The molecule has 7 heteroatoms. The van der Waals surface area contributed by atoms with E-state index in [4.69, 9.17) is 4.74 Å². The molecule has 0 fully saturated rings. The second-order valence-corrected chi connectivity index (χ2v) is 6.98. The summed E-state index contributed by atoms with van der Waals surface area (Å²) in [5.41, 5.74) is 2.94. The van der Waals surface area contributed by atoms with Crippen molar-refractivity contribution in [3.05, 3.63) is 66.5 Å². The zero-order valence-corrected chi connectivity index (χ0v) is 17.0. The van der Waals surface area contributed by atoms with Crippen molar-refractivity contribution >= 4 is 28.9 Å². The van der Waals surface area contributed by atoms with Crippen molar-refractivity contribution in [2.75, 3.05) is 29.6 Å². The molecule has 3 rings (SSSR count). The highest BCUT2D eigenvalue weighted by atomic mass is 16.5. The first kappa shape index (κ1) is 20.1. The summed E-state index contributed by atoms with van der Waals surface area (Å²) in [5, 5.41) is 5.97. The third-order valence-electron chi connectivity index (χ3n) is 4.05. The summed E-state index contributed by atoms with van der Waals surface area (Å²) in [6.45, 7) is 3.87. The van der Waals surface area contributed by atoms with E-state index in [1.54, 1.807) is 6.07 Å². The van der Waals surface area contributed by atoms with Crippen molar-refractivity contribution in [3.63, 3.8) is 0 Å². The molecule has 29 heavy (non-hydrogen) atoms. The maximum Gasteiger partial charge on any atom is 0.258 e. The van der Waals surface area contributed by atoms with E-state index in [0.717, 1.165) is 11.4 Å². The molecule has 0 radical (unpaired) electrons. The fourth-order valence-electron chi connectivity index (χ4n) is 2.60. The predicted molar refractivity (Wildman–Crippen MR) is 116 cm³/mol. The Kier molecular flexibility index (Phi) is 6.29. The van der Waals surface area contributed by atoms with E-state index in [1.807, 2.05) is 75.3 Å². The molecule has 1 heterocycles. The number of hydrogen-bond acceptors (Lipinski definition) is 6. The number of nitrogens with zero attached hydrogens (tertiary/aromatic N) is 3. The lowest BCUT2D eigenvalue weighted by molar-refractivity contribution is 0.102. The third-order valence-corrected chi connectivity index (χ3v) is 4.05. The average Bonchev–Trinajstić information content (AvgIpc) is 2.70. The molecule has 0 aliphatic rings. The van der Waals surface area contributed by atoms with Crippen molar-refractivity contribution in [1.82, 2.24) is 9.97 Å². The van der Waals surface area contributed by atoms with Crippen LogP contribution >= 0.6 is 0 Å². The molecule has 0 saturated carbocycles. The molecule has 0 spiro atoms. The number of benzene rings is 2. The molecule has 0 aliphatic carbocycles. The minimum atomic E-state index is -0.299. The van der Waals surface area contributed by atoms with E-state index in [-0.39, 0.29) is 12.0 Å². The second kappa shape index (κ2) is 9.05. The quantitative estimate of drug-likeness (QED) is 0.624. The van der Waals surface area contributed by atoms with Gasteiger partial charge >= 0.3 is 0 Å². The number of amides is 1. The summed E-state index contributed by atoms with van der Waals surface area (Å²) in [4.78, 5) is 23.1. The molecule has 1 aromatic heterocycles. The van der Waals surface area contributed by atoms with Gasteiger partial charge in [0.05, 0.1) is 17.4 Å². The Morgan fingerprint density at radius 1 is 1.00 bits per heavy atom. The Hall–Kier alpha value is -3.61. The molecule has 2 N–H and O–H groups in total. The maximum atomic E-state index is 12.6. The molecule has 0 atom stereocenters. The molecule has 0 unspecified atom stereocenters. The zero-order valence-electron chi connectivity index (χ0n) is 17.0. The van der Waals surface area contributed by atoms with Gasteiger partial charge in [-0.3, -0.25) is 4.79 Å². The van der Waals surface area contributed by atoms with Crippen LogP contribution in [0.25, 0.3) is 0 Å². The van der Waals surface area contributed by atoms with E-state index in [0.29, 0.717) is 22.9 Å². The lowest BCUT2D eigenvalue weighted by Crippen LogP contribution is -2.15. The van der Waals surface area contributed by atoms with Crippen molar-refractivity contribution < 1.29 is 9.53 Å². The van der Waals surface area contributed by atoms with Crippen LogP contribution in [-0.2, 0) is 0 Å². The van der Waals surface area contributed by atoms with Crippen LogP contribution in [0.1, 0.15) is 24.2 Å². The van der Waals surface area contributed by atoms with Gasteiger partial charge in [-0.25, -0.2) is 9.97 Å². The third kappa shape index (κ3) is 5.44. The molecule has 7 nitrogen and oxygen atoms in total. The van der Waals surface area contributed by atoms with Gasteiger partial charge in [0.2, 0.25) is 5.95 Å². The topological polar surface area (TPSA) is 79.4 Å². The number of rotatable bonds is 7. The highest BCUT2D eigenvalue weighted by Gasteiger charge is 2.12. The monoisotopic (exact) mass is 391 g/mol. The molecular weight excluding hydrogens is 366 g/mol. The fourth-order valence-corrected chi connectivity index (χ4v) is 2.60. The minimum Gasteiger partial charge on any atom is -0.489 e. The van der Waals surface area contributed by atoms with Crippen molar-refractivity contribution in [2.24, 2.45) is 0 Å². The van der Waals surface area contributed by atoms with Gasteiger partial charge in [-0.1, -0.05) is 12.1 Å². The molecule has 0 bridgehead atoms. The first-order valence-electron chi connectivity index (χ1n) is 9.36. The van der Waals surface area contributed by atoms with Crippen LogP contribution in [0, 0.1) is 0 Å². The lowest BCUT2D eigenvalue weighted by atomic mass is 10.2. The second-order valence-electron chi connectivity index (χ2n) is 6.98. The standard InChI is InChI=1S/C22H25N5O2/c1-15(2)29-20-8-6-5-7-19(20)26-21(28)16-13-23-22(24-14-16)25-17-9-11-18(12-10-17)27(3)4/h5-15H,1-4H3,(H,26,28)(H,23,24,25). The summed E-state index contributed by atoms with van der Waals surface area (Å²) < 4.78 is 5.73. The zero-order chi connectivity index (χ0) is 20.8. The van der Waals surface area contributed by atoms with Crippen molar-refractivity contribution in [2.45, 2.75) is 20.0 Å². The normalized spacial score (nSPS) is 10.5. The Bertz CT molecular complexity index is 954. The van der Waals surface area contributed by atoms with Crippen molar-refractivity contribution in [1.29, 1.82) is 0 Å². The van der Waals surface area contributed by atoms with Gasteiger partial charge in [0, 0.05) is 37.9 Å². The number of carbonyl (C=O) groups excluding carboxylic acids is 1. The van der Waals surface area contributed by atoms with Crippen molar-refractivity contribution in [3.8, 4) is 5.75 Å². The van der Waals surface area contributed by atoms with Gasteiger partial charge in [0.15, 0.2) is 0 Å². The van der Waals surface area contributed by atoms with E-state index in [2.05, 4.69) is 20.6 Å². The molecule has 3 aromatic rings. The van der Waals surface area contributed by atoms with Gasteiger partial charge in [0.25, 0.3) is 5.91 Å². The molecule has 150 valence electrons. The van der Waals surface area contributed by atoms with Gasteiger partial charge in [0.1, 0.15) is 5.75 Å². The first-order valence-corrected chi connectivity index (χ1v) is 9.36.